The van der Waals surface area contributed by atoms with E-state index in [2.05, 4.69) is 25.3 Å². The Balaban J connectivity index is 1.35. The second-order valence-corrected chi connectivity index (χ2v) is 9.15. The van der Waals surface area contributed by atoms with Gasteiger partial charge < -0.3 is 29.2 Å². The number of nitrogens with one attached hydrogen (secondary N) is 3. The summed E-state index contributed by atoms with van der Waals surface area (Å²) in [7, 11) is 0. The molecule has 1 unspecified atom stereocenters. The maximum atomic E-state index is 13.0. The number of H-pyrrole nitrogens is 2. The Morgan fingerprint density at radius 2 is 2.20 bits per heavy atom. The summed E-state index contributed by atoms with van der Waals surface area (Å²) in [6.45, 7) is 1.91. The van der Waals surface area contributed by atoms with Crippen molar-refractivity contribution in [3.05, 3.63) is 59.4 Å². The molecule has 1 atom stereocenters. The molecule has 0 saturated heterocycles. The number of hydrogen-bond donors (Lipinski definition) is 3. The molecule has 11 heteroatoms. The molecule has 178 valence electrons. The Labute approximate surface area is 203 Å². The van der Waals surface area contributed by atoms with Gasteiger partial charge in [-0.2, -0.15) is 0 Å². The van der Waals surface area contributed by atoms with Crippen LogP contribution < -0.4 is 10.1 Å². The highest BCUT2D eigenvalue weighted by molar-refractivity contribution is 7.99. The highest BCUT2D eigenvalue weighted by Gasteiger charge is 2.39. The van der Waals surface area contributed by atoms with Gasteiger partial charge in [0.2, 0.25) is 5.88 Å². The van der Waals surface area contributed by atoms with E-state index in [4.69, 9.17) is 13.9 Å². The van der Waals surface area contributed by atoms with Gasteiger partial charge in [-0.15, -0.1) is 0 Å². The number of aromatic amines is 2. The molecule has 4 aromatic rings. The van der Waals surface area contributed by atoms with Crippen molar-refractivity contribution in [1.29, 1.82) is 0 Å². The number of carbonyl (C=O) groups excluding carboxylic acids is 2. The van der Waals surface area contributed by atoms with E-state index in [1.54, 1.807) is 25.5 Å². The smallest absolute Gasteiger partial charge is 0.453 e. The quantitative estimate of drug-likeness (QED) is 0.325. The molecular formula is C24H21N5O5S. The molecule has 0 fully saturated rings. The first-order valence-corrected chi connectivity index (χ1v) is 12.1. The minimum Gasteiger partial charge on any atom is -0.453 e. The molecule has 0 spiro atoms. The van der Waals surface area contributed by atoms with E-state index in [1.165, 1.54) is 11.8 Å². The number of anilines is 1. The largest absolute Gasteiger partial charge is 0.515 e. The van der Waals surface area contributed by atoms with Crippen LogP contribution in [0.5, 0.6) is 5.88 Å². The third kappa shape index (κ3) is 3.87. The van der Waals surface area contributed by atoms with Gasteiger partial charge >= 0.3 is 6.16 Å². The predicted octanol–water partition coefficient (Wildman–Crippen LogP) is 5.13. The Bertz CT molecular complexity index is 1450. The number of pyridine rings is 1. The Kier molecular flexibility index (Phi) is 5.33. The maximum Gasteiger partial charge on any atom is 0.515 e. The van der Waals surface area contributed by atoms with Crippen LogP contribution in [0.25, 0.3) is 11.0 Å². The molecule has 0 bridgehead atoms. The first kappa shape index (κ1) is 21.5. The molecule has 4 aromatic heterocycles. The van der Waals surface area contributed by atoms with Crippen molar-refractivity contribution in [2.75, 3.05) is 11.9 Å². The number of imidazole rings is 1. The zero-order chi connectivity index (χ0) is 23.9. The molecule has 0 saturated carbocycles. The standard InChI is InChI=1S/C24H21N5O5S/c1-2-32-24(31)34-22-21-12(10-26-22)19(20-14(27-21)4-3-5-16(20)30)17-6-7-18(33-17)35-23-28-13-8-9-25-11-15(13)29-23/h6-11,19,26-27H,2-5H2,1H3,(H,28,29). The summed E-state index contributed by atoms with van der Waals surface area (Å²) in [5, 5.41) is 4.63. The monoisotopic (exact) mass is 491 g/mol. The first-order chi connectivity index (χ1) is 17.1. The van der Waals surface area contributed by atoms with Crippen LogP contribution in [0.15, 0.2) is 62.7 Å². The van der Waals surface area contributed by atoms with Gasteiger partial charge in [0.1, 0.15) is 11.4 Å². The van der Waals surface area contributed by atoms with E-state index >= 15 is 0 Å². The number of Topliss-reactive ketones (excluding diaryl/α,β-unsaturated/α-hetero) is 1. The summed E-state index contributed by atoms with van der Waals surface area (Å²) in [6, 6.07) is 5.58. The van der Waals surface area contributed by atoms with Crippen LogP contribution in [-0.4, -0.2) is 38.5 Å². The van der Waals surface area contributed by atoms with E-state index in [9.17, 15) is 9.59 Å². The number of allylic oxidation sites excluding steroid dienone is 2. The second kappa shape index (κ2) is 8.66. The van der Waals surface area contributed by atoms with E-state index in [-0.39, 0.29) is 18.3 Å². The molecule has 1 aliphatic heterocycles. The summed E-state index contributed by atoms with van der Waals surface area (Å²) in [5.41, 5.74) is 4.54. The molecule has 0 amide bonds. The van der Waals surface area contributed by atoms with E-state index in [1.807, 2.05) is 18.2 Å². The molecular weight excluding hydrogens is 470 g/mol. The highest BCUT2D eigenvalue weighted by Crippen LogP contribution is 2.49. The fourth-order valence-corrected chi connectivity index (χ4v) is 5.31. The van der Waals surface area contributed by atoms with Crippen LogP contribution in [0.2, 0.25) is 0 Å². The number of ketones is 1. The second-order valence-electron chi connectivity index (χ2n) is 8.15. The van der Waals surface area contributed by atoms with Crippen LogP contribution in [0.1, 0.15) is 43.4 Å². The minimum absolute atomic E-state index is 0.0823. The molecule has 6 rings (SSSR count). The summed E-state index contributed by atoms with van der Waals surface area (Å²) < 4.78 is 16.5. The van der Waals surface area contributed by atoms with Crippen molar-refractivity contribution < 1.29 is 23.5 Å². The van der Waals surface area contributed by atoms with Gasteiger partial charge in [-0.25, -0.2) is 9.78 Å². The summed E-state index contributed by atoms with van der Waals surface area (Å²) in [4.78, 5) is 39.8. The van der Waals surface area contributed by atoms with Gasteiger partial charge in [-0.1, -0.05) is 0 Å². The predicted molar refractivity (Wildman–Crippen MR) is 127 cm³/mol. The molecule has 5 heterocycles. The number of nitrogens with zero attached hydrogens (tertiary/aromatic N) is 2. The van der Waals surface area contributed by atoms with Crippen LogP contribution in [0.3, 0.4) is 0 Å². The number of aromatic nitrogens is 4. The van der Waals surface area contributed by atoms with Gasteiger partial charge in [0.15, 0.2) is 16.0 Å². The van der Waals surface area contributed by atoms with Crippen molar-refractivity contribution in [3.63, 3.8) is 0 Å². The summed E-state index contributed by atoms with van der Waals surface area (Å²) in [6.07, 6.45) is 6.31. The first-order valence-electron chi connectivity index (χ1n) is 11.3. The average molecular weight is 492 g/mol. The SMILES string of the molecule is CCOC(=O)Oc1[nH]cc2c1NC1=C(C(=O)CCC1)C2c1ccc(Sc2nc3ccncc3[nH]2)o1. The highest BCUT2D eigenvalue weighted by atomic mass is 32.2. The lowest BCUT2D eigenvalue weighted by molar-refractivity contribution is -0.116. The number of fused-ring (bicyclic) bond motifs is 2. The lowest BCUT2D eigenvalue weighted by Gasteiger charge is -2.31. The lowest BCUT2D eigenvalue weighted by Crippen LogP contribution is -2.26. The zero-order valence-corrected chi connectivity index (χ0v) is 19.5. The maximum absolute atomic E-state index is 13.0. The van der Waals surface area contributed by atoms with Crippen LogP contribution >= 0.6 is 11.8 Å². The topological polar surface area (TPSA) is 135 Å². The fraction of sp³-hybridized carbons (Fsp3) is 0.250. The Hall–Kier alpha value is -3.99. The van der Waals surface area contributed by atoms with E-state index in [0.717, 1.165) is 35.1 Å². The zero-order valence-electron chi connectivity index (χ0n) is 18.7. The molecule has 1 aliphatic carbocycles. The Morgan fingerprint density at radius 3 is 3.06 bits per heavy atom. The third-order valence-corrected chi connectivity index (χ3v) is 6.81. The van der Waals surface area contributed by atoms with Gasteiger partial charge in [-0.05, 0) is 49.7 Å². The summed E-state index contributed by atoms with van der Waals surface area (Å²) >= 11 is 1.36. The van der Waals surface area contributed by atoms with Gasteiger partial charge in [0, 0.05) is 35.6 Å². The van der Waals surface area contributed by atoms with E-state index in [0.29, 0.717) is 33.7 Å². The van der Waals surface area contributed by atoms with Crippen LogP contribution in [0.4, 0.5) is 10.5 Å². The third-order valence-electron chi connectivity index (χ3n) is 6.00. The molecule has 0 radical (unpaired) electrons. The van der Waals surface area contributed by atoms with Gasteiger partial charge in [-0.3, -0.25) is 9.78 Å². The van der Waals surface area contributed by atoms with Crippen molar-refractivity contribution in [1.82, 2.24) is 19.9 Å². The van der Waals surface area contributed by atoms with Gasteiger partial charge in [0.25, 0.3) is 0 Å². The average Bonchev–Trinajstić information content (AvgIpc) is 3.57. The van der Waals surface area contributed by atoms with Crippen molar-refractivity contribution >= 4 is 40.4 Å². The van der Waals surface area contributed by atoms with E-state index < -0.39 is 12.1 Å². The normalized spacial score (nSPS) is 17.2. The molecule has 0 aromatic carbocycles. The fourth-order valence-electron chi connectivity index (χ4n) is 4.54. The van der Waals surface area contributed by atoms with Crippen molar-refractivity contribution in [2.24, 2.45) is 0 Å². The molecule has 10 nitrogen and oxygen atoms in total. The number of rotatable bonds is 5. The molecule has 35 heavy (non-hydrogen) atoms. The lowest BCUT2D eigenvalue weighted by atomic mass is 9.79. The Morgan fingerprint density at radius 1 is 1.29 bits per heavy atom. The van der Waals surface area contributed by atoms with Gasteiger partial charge in [0.05, 0.1) is 29.8 Å². The number of hydrogen-bond acceptors (Lipinski definition) is 9. The number of carbonyl (C=O) groups is 2. The van der Waals surface area contributed by atoms with Crippen LogP contribution in [-0.2, 0) is 9.53 Å². The number of ether oxygens (including phenoxy) is 2. The van der Waals surface area contributed by atoms with Crippen molar-refractivity contribution in [2.45, 2.75) is 42.4 Å². The summed E-state index contributed by atoms with van der Waals surface area (Å²) in [5.74, 6) is 0.514. The molecule has 3 N–H and O–H groups in total. The van der Waals surface area contributed by atoms with Crippen LogP contribution in [0, 0.1) is 0 Å². The van der Waals surface area contributed by atoms with Crippen molar-refractivity contribution in [3.8, 4) is 5.88 Å². The molecule has 2 aliphatic rings. The number of furan rings is 1. The minimum atomic E-state index is -0.798.